The van der Waals surface area contributed by atoms with E-state index >= 15 is 0 Å². The Labute approximate surface area is 155 Å². The van der Waals surface area contributed by atoms with Crippen molar-refractivity contribution < 1.29 is 4.79 Å². The monoisotopic (exact) mass is 364 g/mol. The van der Waals surface area contributed by atoms with Crippen molar-refractivity contribution >= 4 is 16.7 Å². The molecule has 0 fully saturated rings. The van der Waals surface area contributed by atoms with Gasteiger partial charge in [0.15, 0.2) is 0 Å². The van der Waals surface area contributed by atoms with Crippen LogP contribution in [0.15, 0.2) is 46.1 Å². The zero-order chi connectivity index (χ0) is 19.1. The second-order valence-electron chi connectivity index (χ2n) is 6.94. The van der Waals surface area contributed by atoms with Crippen LogP contribution < -0.4 is 11.1 Å². The number of carbonyl (C=O) groups is 1. The van der Waals surface area contributed by atoms with Crippen molar-refractivity contribution in [1.29, 1.82) is 0 Å². The average molecular weight is 364 g/mol. The summed E-state index contributed by atoms with van der Waals surface area (Å²) in [5.74, 6) is -0.0363. The third-order valence-electron chi connectivity index (χ3n) is 5.12. The van der Waals surface area contributed by atoms with E-state index in [2.05, 4.69) is 5.10 Å². The van der Waals surface area contributed by atoms with Crippen LogP contribution in [-0.4, -0.2) is 31.7 Å². The maximum Gasteiger partial charge on any atom is 0.274 e. The van der Waals surface area contributed by atoms with Crippen LogP contribution in [0.5, 0.6) is 0 Å². The highest BCUT2D eigenvalue weighted by Gasteiger charge is 2.23. The summed E-state index contributed by atoms with van der Waals surface area (Å²) in [7, 11) is 3.31. The number of hydrogen-bond donors (Lipinski definition) is 0. The van der Waals surface area contributed by atoms with Crippen LogP contribution in [0, 0.1) is 0 Å². The zero-order valence-corrected chi connectivity index (χ0v) is 15.3. The normalized spacial score (nSPS) is 13.6. The SMILES string of the molecule is Cn1cc2c(cc1=O)CCN(C(=O)Cc1nn(C)c(=O)c3ccccc13)C2. The number of rotatable bonds is 2. The lowest BCUT2D eigenvalue weighted by Gasteiger charge is -2.29. The molecular formula is C20H20N4O3. The topological polar surface area (TPSA) is 77.2 Å². The van der Waals surface area contributed by atoms with Crippen molar-refractivity contribution in [1.82, 2.24) is 19.2 Å². The maximum absolute atomic E-state index is 12.9. The summed E-state index contributed by atoms with van der Waals surface area (Å²) < 4.78 is 2.82. The van der Waals surface area contributed by atoms with Gasteiger partial charge in [-0.1, -0.05) is 18.2 Å². The average Bonchev–Trinajstić information content (AvgIpc) is 2.66. The van der Waals surface area contributed by atoms with Crippen molar-refractivity contribution in [2.24, 2.45) is 14.1 Å². The first kappa shape index (κ1) is 17.2. The number of hydrogen-bond acceptors (Lipinski definition) is 4. The summed E-state index contributed by atoms with van der Waals surface area (Å²) in [6.45, 7) is 1.05. The highest BCUT2D eigenvalue weighted by Crippen LogP contribution is 2.19. The van der Waals surface area contributed by atoms with Gasteiger partial charge in [0, 0.05) is 44.8 Å². The number of pyridine rings is 1. The standard InChI is InChI=1S/C20H20N4O3/c1-22-11-14-12-24(8-7-13(14)9-18(22)25)19(26)10-17-15-5-3-4-6-16(15)20(27)23(2)21-17/h3-6,9,11H,7-8,10,12H2,1-2H3. The van der Waals surface area contributed by atoms with Gasteiger partial charge < -0.3 is 9.47 Å². The molecule has 1 aliphatic rings. The van der Waals surface area contributed by atoms with Crippen LogP contribution in [0.25, 0.3) is 10.8 Å². The number of nitrogens with zero attached hydrogens (tertiary/aromatic N) is 4. The number of amides is 1. The number of aryl methyl sites for hydroxylation is 2. The molecule has 7 nitrogen and oxygen atoms in total. The van der Waals surface area contributed by atoms with Crippen molar-refractivity contribution in [3.05, 3.63) is 74.1 Å². The molecule has 27 heavy (non-hydrogen) atoms. The molecular weight excluding hydrogens is 344 g/mol. The molecule has 0 bridgehead atoms. The van der Waals surface area contributed by atoms with Crippen LogP contribution in [0.1, 0.15) is 16.8 Å². The summed E-state index contributed by atoms with van der Waals surface area (Å²) in [6.07, 6.45) is 2.60. The van der Waals surface area contributed by atoms with Gasteiger partial charge in [-0.25, -0.2) is 4.68 Å². The maximum atomic E-state index is 12.9. The van der Waals surface area contributed by atoms with Crippen molar-refractivity contribution in [2.45, 2.75) is 19.4 Å². The van der Waals surface area contributed by atoms with E-state index in [1.54, 1.807) is 43.4 Å². The molecule has 7 heteroatoms. The predicted molar refractivity (Wildman–Crippen MR) is 101 cm³/mol. The molecule has 3 aromatic rings. The second-order valence-corrected chi connectivity index (χ2v) is 6.94. The predicted octanol–water partition coefficient (Wildman–Crippen LogP) is 0.760. The fourth-order valence-electron chi connectivity index (χ4n) is 3.61. The van der Waals surface area contributed by atoms with E-state index in [1.165, 1.54) is 9.25 Å². The molecule has 0 radical (unpaired) electrons. The third kappa shape index (κ3) is 3.05. The number of carbonyl (C=O) groups excluding carboxylic acids is 1. The molecule has 0 saturated heterocycles. The molecule has 0 atom stereocenters. The molecule has 138 valence electrons. The van der Waals surface area contributed by atoms with Gasteiger partial charge in [-0.2, -0.15) is 5.10 Å². The fourth-order valence-corrected chi connectivity index (χ4v) is 3.61. The molecule has 3 heterocycles. The van der Waals surface area contributed by atoms with Gasteiger partial charge >= 0.3 is 0 Å². The molecule has 0 spiro atoms. The first-order chi connectivity index (χ1) is 12.9. The Hall–Kier alpha value is -3.22. The largest absolute Gasteiger partial charge is 0.338 e. The minimum atomic E-state index is -0.172. The Morgan fingerprint density at radius 1 is 1.11 bits per heavy atom. The Bertz CT molecular complexity index is 1180. The molecule has 0 aliphatic carbocycles. The van der Waals surface area contributed by atoms with E-state index in [9.17, 15) is 14.4 Å². The van der Waals surface area contributed by atoms with Crippen molar-refractivity contribution in [3.8, 4) is 0 Å². The number of benzene rings is 1. The van der Waals surface area contributed by atoms with Gasteiger partial charge in [-0.05, 0) is 23.6 Å². The van der Waals surface area contributed by atoms with E-state index in [-0.39, 0.29) is 23.4 Å². The zero-order valence-electron chi connectivity index (χ0n) is 15.3. The van der Waals surface area contributed by atoms with Crippen LogP contribution in [0.3, 0.4) is 0 Å². The lowest BCUT2D eigenvalue weighted by molar-refractivity contribution is -0.131. The lowest BCUT2D eigenvalue weighted by atomic mass is 10.0. The van der Waals surface area contributed by atoms with Crippen LogP contribution in [0.2, 0.25) is 0 Å². The first-order valence-corrected chi connectivity index (χ1v) is 8.85. The smallest absolute Gasteiger partial charge is 0.274 e. The van der Waals surface area contributed by atoms with E-state index in [0.717, 1.165) is 11.1 Å². The molecule has 0 saturated carbocycles. The minimum absolute atomic E-state index is 0.0330. The number of fused-ring (bicyclic) bond motifs is 2. The van der Waals surface area contributed by atoms with Gasteiger partial charge in [0.25, 0.3) is 11.1 Å². The second kappa shape index (κ2) is 6.50. The molecule has 1 aliphatic heterocycles. The Balaban J connectivity index is 1.63. The molecule has 2 aromatic heterocycles. The number of aromatic nitrogens is 3. The Kier molecular flexibility index (Phi) is 4.14. The van der Waals surface area contributed by atoms with Gasteiger partial charge in [-0.15, -0.1) is 0 Å². The van der Waals surface area contributed by atoms with E-state index in [4.69, 9.17) is 0 Å². The third-order valence-corrected chi connectivity index (χ3v) is 5.12. The van der Waals surface area contributed by atoms with Crippen LogP contribution >= 0.6 is 0 Å². The van der Waals surface area contributed by atoms with E-state index in [1.807, 2.05) is 12.1 Å². The van der Waals surface area contributed by atoms with Gasteiger partial charge in [-0.3, -0.25) is 14.4 Å². The van der Waals surface area contributed by atoms with Crippen molar-refractivity contribution in [2.75, 3.05) is 6.54 Å². The quantitative estimate of drug-likeness (QED) is 0.673. The molecule has 1 aromatic carbocycles. The van der Waals surface area contributed by atoms with Crippen LogP contribution in [-0.2, 0) is 38.3 Å². The Morgan fingerprint density at radius 3 is 2.63 bits per heavy atom. The first-order valence-electron chi connectivity index (χ1n) is 8.85. The summed E-state index contributed by atoms with van der Waals surface area (Å²) in [5.41, 5.74) is 2.40. The van der Waals surface area contributed by atoms with Crippen molar-refractivity contribution in [3.63, 3.8) is 0 Å². The van der Waals surface area contributed by atoms with Gasteiger partial charge in [0.2, 0.25) is 5.91 Å². The van der Waals surface area contributed by atoms with E-state index in [0.29, 0.717) is 36.0 Å². The summed E-state index contributed by atoms with van der Waals surface area (Å²) in [5, 5.41) is 5.60. The summed E-state index contributed by atoms with van der Waals surface area (Å²) in [6, 6.07) is 8.88. The minimum Gasteiger partial charge on any atom is -0.338 e. The fraction of sp³-hybridized carbons (Fsp3) is 0.300. The highest BCUT2D eigenvalue weighted by molar-refractivity contribution is 5.88. The van der Waals surface area contributed by atoms with Gasteiger partial charge in [0.1, 0.15) is 0 Å². The molecule has 0 N–H and O–H groups in total. The summed E-state index contributed by atoms with van der Waals surface area (Å²) in [4.78, 5) is 38.7. The highest BCUT2D eigenvalue weighted by atomic mass is 16.2. The Morgan fingerprint density at radius 2 is 1.85 bits per heavy atom. The lowest BCUT2D eigenvalue weighted by Crippen LogP contribution is -2.38. The molecule has 1 amide bonds. The van der Waals surface area contributed by atoms with E-state index < -0.39 is 0 Å². The van der Waals surface area contributed by atoms with Gasteiger partial charge in [0.05, 0.1) is 17.5 Å². The molecule has 0 unspecified atom stereocenters. The summed E-state index contributed by atoms with van der Waals surface area (Å²) >= 11 is 0. The van der Waals surface area contributed by atoms with Crippen LogP contribution in [0.4, 0.5) is 0 Å². The molecule has 4 rings (SSSR count).